The second kappa shape index (κ2) is 7.19. The molecule has 0 aliphatic carbocycles. The molecule has 1 heterocycles. The van der Waals surface area contributed by atoms with E-state index in [1.165, 1.54) is 0 Å². The third-order valence-corrected chi connectivity index (χ3v) is 3.89. The summed E-state index contributed by atoms with van der Waals surface area (Å²) in [6, 6.07) is 0. The van der Waals surface area contributed by atoms with Gasteiger partial charge >= 0.3 is 11.9 Å². The van der Waals surface area contributed by atoms with Crippen LogP contribution in [-0.2, 0) is 19.1 Å². The zero-order valence-corrected chi connectivity index (χ0v) is 11.9. The topological polar surface area (TPSA) is 208 Å². The molecule has 0 saturated carbocycles. The number of primary amides is 1. The van der Waals surface area contributed by atoms with Crippen molar-refractivity contribution in [1.29, 1.82) is 0 Å². The Kier molecular flexibility index (Phi) is 6.02. The molecule has 0 radical (unpaired) electrons. The number of aliphatic hydroxyl groups is 4. The smallest absolute Gasteiger partial charge is 0.317 e. The normalized spacial score (nSPS) is 34.3. The highest BCUT2D eigenvalue weighted by Gasteiger charge is 2.57. The van der Waals surface area contributed by atoms with Crippen molar-refractivity contribution in [3.05, 3.63) is 0 Å². The lowest BCUT2D eigenvalue weighted by atomic mass is 9.79. The van der Waals surface area contributed by atoms with Gasteiger partial charge in [-0.2, -0.15) is 0 Å². The van der Waals surface area contributed by atoms with Crippen LogP contribution in [0, 0.1) is 5.92 Å². The van der Waals surface area contributed by atoms with Gasteiger partial charge in [-0.15, -0.1) is 0 Å². The number of carboxylic acids is 2. The molecule has 0 bridgehead atoms. The number of amides is 1. The third kappa shape index (κ3) is 3.59. The minimum absolute atomic E-state index is 0.633. The van der Waals surface area contributed by atoms with Crippen molar-refractivity contribution in [2.45, 2.75) is 42.9 Å². The fraction of sp³-hybridized carbons (Fsp3) is 0.750. The Morgan fingerprint density at radius 1 is 1.09 bits per heavy atom. The van der Waals surface area contributed by atoms with Gasteiger partial charge in [-0.3, -0.25) is 14.4 Å². The molecular formula is C12H19NO10. The summed E-state index contributed by atoms with van der Waals surface area (Å²) in [4.78, 5) is 33.5. The van der Waals surface area contributed by atoms with Crippen LogP contribution in [0.3, 0.4) is 0 Å². The van der Waals surface area contributed by atoms with Crippen LogP contribution in [0.15, 0.2) is 0 Å². The molecule has 1 saturated heterocycles. The number of ether oxygens (including phenoxy) is 1. The molecule has 0 aromatic heterocycles. The van der Waals surface area contributed by atoms with E-state index < -0.39 is 73.2 Å². The highest BCUT2D eigenvalue weighted by molar-refractivity contribution is 5.93. The van der Waals surface area contributed by atoms with E-state index in [2.05, 4.69) is 0 Å². The Labute approximate surface area is 129 Å². The molecule has 0 spiro atoms. The average Bonchev–Trinajstić information content (AvgIpc) is 2.46. The number of hydrogen-bond acceptors (Lipinski definition) is 8. The molecular weight excluding hydrogens is 318 g/mol. The van der Waals surface area contributed by atoms with Gasteiger partial charge < -0.3 is 41.1 Å². The average molecular weight is 337 g/mol. The number of hydrogen-bond donors (Lipinski definition) is 7. The Hall–Kier alpha value is -1.79. The van der Waals surface area contributed by atoms with E-state index in [0.717, 1.165) is 0 Å². The Morgan fingerprint density at radius 3 is 2.00 bits per heavy atom. The molecule has 1 aliphatic rings. The van der Waals surface area contributed by atoms with Crippen molar-refractivity contribution in [1.82, 2.24) is 0 Å². The quantitative estimate of drug-likeness (QED) is 0.226. The van der Waals surface area contributed by atoms with Gasteiger partial charge in [-0.1, -0.05) is 0 Å². The first-order valence-corrected chi connectivity index (χ1v) is 6.66. The molecule has 1 fully saturated rings. The second-order valence-electron chi connectivity index (χ2n) is 5.29. The second-order valence-corrected chi connectivity index (χ2v) is 5.29. The van der Waals surface area contributed by atoms with Crippen LogP contribution in [0.4, 0.5) is 0 Å². The zero-order chi connectivity index (χ0) is 17.9. The highest BCUT2D eigenvalue weighted by Crippen LogP contribution is 2.34. The maximum atomic E-state index is 11.7. The predicted molar refractivity (Wildman–Crippen MR) is 69.9 cm³/mol. The van der Waals surface area contributed by atoms with Crippen LogP contribution in [0.25, 0.3) is 0 Å². The van der Waals surface area contributed by atoms with E-state index in [9.17, 15) is 29.7 Å². The van der Waals surface area contributed by atoms with Crippen LogP contribution >= 0.6 is 0 Å². The third-order valence-electron chi connectivity index (χ3n) is 3.89. The molecule has 132 valence electrons. The number of aliphatic hydroxyl groups excluding tert-OH is 4. The Bertz CT molecular complexity index is 466. The Morgan fingerprint density at radius 2 is 1.61 bits per heavy atom. The lowest BCUT2D eigenvalue weighted by Crippen LogP contribution is -2.69. The van der Waals surface area contributed by atoms with Gasteiger partial charge in [0.15, 0.2) is 11.5 Å². The number of nitrogens with two attached hydrogens (primary N) is 1. The summed E-state index contributed by atoms with van der Waals surface area (Å²) in [6.45, 7) is -0.818. The van der Waals surface area contributed by atoms with E-state index in [1.807, 2.05) is 0 Å². The van der Waals surface area contributed by atoms with Crippen LogP contribution < -0.4 is 5.73 Å². The number of carboxylic acid groups (broad SMARTS) is 2. The van der Waals surface area contributed by atoms with E-state index in [0.29, 0.717) is 0 Å². The molecule has 8 N–H and O–H groups in total. The monoisotopic (exact) mass is 337 g/mol. The van der Waals surface area contributed by atoms with E-state index in [1.54, 1.807) is 0 Å². The summed E-state index contributed by atoms with van der Waals surface area (Å²) in [6.07, 6.45) is -8.38. The zero-order valence-electron chi connectivity index (χ0n) is 11.9. The number of carbonyl (C=O) groups is 3. The van der Waals surface area contributed by atoms with Gasteiger partial charge in [0.05, 0.1) is 6.61 Å². The van der Waals surface area contributed by atoms with Crippen LogP contribution in [0.5, 0.6) is 0 Å². The molecule has 11 heteroatoms. The van der Waals surface area contributed by atoms with E-state index >= 15 is 0 Å². The minimum atomic E-state index is -2.34. The van der Waals surface area contributed by atoms with Crippen molar-refractivity contribution in [2.24, 2.45) is 11.7 Å². The molecule has 0 unspecified atom stereocenters. The molecule has 0 aromatic carbocycles. The number of aliphatic carboxylic acids is 2. The van der Waals surface area contributed by atoms with Gasteiger partial charge in [0.1, 0.15) is 24.4 Å². The number of carbonyl (C=O) groups excluding carboxylic acids is 1. The van der Waals surface area contributed by atoms with Crippen LogP contribution in [0.1, 0.15) is 12.8 Å². The van der Waals surface area contributed by atoms with Gasteiger partial charge in [0, 0.05) is 0 Å². The predicted octanol–water partition coefficient (Wildman–Crippen LogP) is -3.75. The SMILES string of the molecule is NC(=O)[C@@]1(CCC(C(=O)O)C(=O)O)O[C@H](CO)[C@@H](O)[C@H](O)[C@H]1O. The first kappa shape index (κ1) is 19.3. The lowest BCUT2D eigenvalue weighted by molar-refractivity contribution is -0.267. The first-order chi connectivity index (χ1) is 10.6. The van der Waals surface area contributed by atoms with Gasteiger partial charge in [-0.05, 0) is 12.8 Å². The van der Waals surface area contributed by atoms with E-state index in [4.69, 9.17) is 25.8 Å². The first-order valence-electron chi connectivity index (χ1n) is 6.66. The largest absolute Gasteiger partial charge is 0.481 e. The molecule has 1 aliphatic heterocycles. The summed E-state index contributed by atoms with van der Waals surface area (Å²) in [7, 11) is 0. The van der Waals surface area contributed by atoms with Crippen LogP contribution in [-0.4, -0.2) is 85.1 Å². The van der Waals surface area contributed by atoms with Crippen molar-refractivity contribution >= 4 is 17.8 Å². The highest BCUT2D eigenvalue weighted by atomic mass is 16.6. The standard InChI is InChI=1S/C12H19NO10/c13-11(22)12(2-1-4(9(18)19)10(20)21)8(17)7(16)6(15)5(3-14)23-12/h4-8,14-17H,1-3H2,(H2,13,22)(H,18,19)(H,20,21)/t5-,6-,7+,8-,12+/m1/s1. The Balaban J connectivity index is 3.09. The fourth-order valence-corrected chi connectivity index (χ4v) is 2.48. The van der Waals surface area contributed by atoms with E-state index in [-0.39, 0.29) is 0 Å². The van der Waals surface area contributed by atoms with Gasteiger partial charge in [0.25, 0.3) is 5.91 Å². The molecule has 11 nitrogen and oxygen atoms in total. The summed E-state index contributed by atoms with van der Waals surface area (Å²) >= 11 is 0. The summed E-state index contributed by atoms with van der Waals surface area (Å²) in [5.74, 6) is -6.51. The number of rotatable bonds is 7. The van der Waals surface area contributed by atoms with Crippen molar-refractivity contribution in [3.8, 4) is 0 Å². The van der Waals surface area contributed by atoms with Gasteiger partial charge in [0.2, 0.25) is 0 Å². The minimum Gasteiger partial charge on any atom is -0.481 e. The molecule has 0 aromatic rings. The van der Waals surface area contributed by atoms with Crippen molar-refractivity contribution < 1.29 is 49.8 Å². The lowest BCUT2D eigenvalue weighted by Gasteiger charge is -2.47. The van der Waals surface area contributed by atoms with Crippen LogP contribution in [0.2, 0.25) is 0 Å². The van der Waals surface area contributed by atoms with Crippen molar-refractivity contribution in [2.75, 3.05) is 6.61 Å². The maximum Gasteiger partial charge on any atom is 0.317 e. The summed E-state index contributed by atoms with van der Waals surface area (Å²) in [5, 5.41) is 56.2. The van der Waals surface area contributed by atoms with Crippen molar-refractivity contribution in [3.63, 3.8) is 0 Å². The summed E-state index contributed by atoms with van der Waals surface area (Å²) in [5.41, 5.74) is 2.82. The maximum absolute atomic E-state index is 11.7. The fourth-order valence-electron chi connectivity index (χ4n) is 2.48. The molecule has 23 heavy (non-hydrogen) atoms. The summed E-state index contributed by atoms with van der Waals surface area (Å²) < 4.78 is 5.12. The molecule has 1 amide bonds. The van der Waals surface area contributed by atoms with Gasteiger partial charge in [-0.25, -0.2) is 0 Å². The molecule has 1 rings (SSSR count). The molecule has 5 atom stereocenters.